The molecule has 0 saturated heterocycles. The van der Waals surface area contributed by atoms with Crippen LogP contribution >= 0.6 is 0 Å². The van der Waals surface area contributed by atoms with Gasteiger partial charge >= 0.3 is 0 Å². The van der Waals surface area contributed by atoms with E-state index in [0.29, 0.717) is 19.1 Å². The van der Waals surface area contributed by atoms with E-state index in [0.717, 1.165) is 23.0 Å². The normalized spacial score (nSPS) is 14.6. The molecule has 0 radical (unpaired) electrons. The molecule has 0 aliphatic heterocycles. The monoisotopic (exact) mass is 258 g/mol. The van der Waals surface area contributed by atoms with Crippen molar-refractivity contribution in [3.05, 3.63) is 30.1 Å². The molecule has 19 heavy (non-hydrogen) atoms. The van der Waals surface area contributed by atoms with Crippen molar-refractivity contribution in [2.75, 3.05) is 13.2 Å². The molecule has 100 valence electrons. The van der Waals surface area contributed by atoms with Crippen LogP contribution in [0.5, 0.6) is 5.75 Å². The molecule has 5 nitrogen and oxygen atoms in total. The summed E-state index contributed by atoms with van der Waals surface area (Å²) in [4.78, 5) is 4.64. The third-order valence-corrected chi connectivity index (χ3v) is 3.20. The zero-order valence-corrected chi connectivity index (χ0v) is 11.0. The lowest BCUT2D eigenvalue weighted by Crippen LogP contribution is -2.10. The van der Waals surface area contributed by atoms with Crippen LogP contribution < -0.4 is 10.5 Å². The van der Waals surface area contributed by atoms with Gasteiger partial charge in [-0.2, -0.15) is 5.10 Å². The molecule has 1 heterocycles. The van der Waals surface area contributed by atoms with Crippen molar-refractivity contribution in [1.82, 2.24) is 14.8 Å². The number of benzene rings is 1. The van der Waals surface area contributed by atoms with E-state index in [-0.39, 0.29) is 0 Å². The van der Waals surface area contributed by atoms with Crippen LogP contribution in [0.3, 0.4) is 0 Å². The molecular formula is C14H18N4O. The number of ether oxygens (including phenoxy) is 1. The maximum atomic E-state index is 5.54. The number of rotatable bonds is 5. The van der Waals surface area contributed by atoms with Gasteiger partial charge < -0.3 is 10.5 Å². The lowest BCUT2D eigenvalue weighted by molar-refractivity contribution is 0.328. The molecule has 2 aromatic rings. The molecule has 0 unspecified atom stereocenters. The van der Waals surface area contributed by atoms with Gasteiger partial charge in [0.2, 0.25) is 0 Å². The summed E-state index contributed by atoms with van der Waals surface area (Å²) < 4.78 is 7.38. The maximum absolute atomic E-state index is 5.54. The van der Waals surface area contributed by atoms with Gasteiger partial charge in [-0.05, 0) is 25.0 Å². The Morgan fingerprint density at radius 1 is 1.42 bits per heavy atom. The minimum Gasteiger partial charge on any atom is -0.492 e. The zero-order valence-electron chi connectivity index (χ0n) is 11.0. The number of hydrogen-bond donors (Lipinski definition) is 1. The largest absolute Gasteiger partial charge is 0.492 e. The van der Waals surface area contributed by atoms with Crippen molar-refractivity contribution in [3.63, 3.8) is 0 Å². The van der Waals surface area contributed by atoms with Crippen molar-refractivity contribution in [2.45, 2.75) is 18.8 Å². The Hall–Kier alpha value is -1.88. The summed E-state index contributed by atoms with van der Waals surface area (Å²) in [7, 11) is 1.93. The lowest BCUT2D eigenvalue weighted by atomic mass is 10.2. The van der Waals surface area contributed by atoms with Crippen molar-refractivity contribution < 1.29 is 4.74 Å². The van der Waals surface area contributed by atoms with Crippen LogP contribution in [0.4, 0.5) is 0 Å². The van der Waals surface area contributed by atoms with E-state index >= 15 is 0 Å². The van der Waals surface area contributed by atoms with E-state index < -0.39 is 0 Å². The summed E-state index contributed by atoms with van der Waals surface area (Å²) in [5, 5.41) is 4.49. The van der Waals surface area contributed by atoms with Crippen molar-refractivity contribution >= 4 is 0 Å². The molecule has 0 atom stereocenters. The van der Waals surface area contributed by atoms with Gasteiger partial charge in [0.15, 0.2) is 11.6 Å². The van der Waals surface area contributed by atoms with E-state index in [2.05, 4.69) is 10.1 Å². The van der Waals surface area contributed by atoms with Crippen molar-refractivity contribution in [2.24, 2.45) is 12.8 Å². The van der Waals surface area contributed by atoms with Crippen molar-refractivity contribution in [1.29, 1.82) is 0 Å². The molecule has 0 spiro atoms. The fourth-order valence-electron chi connectivity index (χ4n) is 2.07. The molecule has 3 rings (SSSR count). The summed E-state index contributed by atoms with van der Waals surface area (Å²) in [5.41, 5.74) is 6.47. The lowest BCUT2D eigenvalue weighted by Gasteiger charge is -2.06. The minimum atomic E-state index is 0.514. The first kappa shape index (κ1) is 12.2. The average Bonchev–Trinajstić information content (AvgIpc) is 3.20. The summed E-state index contributed by atoms with van der Waals surface area (Å²) in [6.07, 6.45) is 2.42. The topological polar surface area (TPSA) is 66.0 Å². The second-order valence-electron chi connectivity index (χ2n) is 4.86. The number of aromatic nitrogens is 3. The molecule has 2 N–H and O–H groups in total. The smallest absolute Gasteiger partial charge is 0.158 e. The molecule has 1 aliphatic rings. The Morgan fingerprint density at radius 3 is 3.00 bits per heavy atom. The first-order valence-electron chi connectivity index (χ1n) is 6.62. The number of aryl methyl sites for hydroxylation is 1. The van der Waals surface area contributed by atoms with Gasteiger partial charge in [0.25, 0.3) is 0 Å². The molecule has 1 aromatic carbocycles. The number of hydrogen-bond acceptors (Lipinski definition) is 4. The summed E-state index contributed by atoms with van der Waals surface area (Å²) >= 11 is 0. The van der Waals surface area contributed by atoms with Gasteiger partial charge in [-0.3, -0.25) is 0 Å². The van der Waals surface area contributed by atoms with Crippen LogP contribution in [0.15, 0.2) is 24.3 Å². The predicted octanol–water partition coefficient (Wildman–Crippen LogP) is 1.70. The molecule has 0 amide bonds. The average molecular weight is 258 g/mol. The fraction of sp³-hybridized carbons (Fsp3) is 0.429. The first-order valence-corrected chi connectivity index (χ1v) is 6.62. The zero-order chi connectivity index (χ0) is 13.2. The highest BCUT2D eigenvalue weighted by atomic mass is 16.5. The van der Waals surface area contributed by atoms with Crippen LogP contribution in [0.25, 0.3) is 11.4 Å². The molecule has 1 fully saturated rings. The van der Waals surface area contributed by atoms with E-state index in [9.17, 15) is 0 Å². The molecule has 5 heteroatoms. The van der Waals surface area contributed by atoms with E-state index in [4.69, 9.17) is 10.5 Å². The van der Waals surface area contributed by atoms with Crippen LogP contribution in [0.1, 0.15) is 24.6 Å². The fourth-order valence-corrected chi connectivity index (χ4v) is 2.07. The van der Waals surface area contributed by atoms with Crippen LogP contribution in [0, 0.1) is 0 Å². The number of nitrogens with two attached hydrogens (primary N) is 1. The minimum absolute atomic E-state index is 0.514. The highest BCUT2D eigenvalue weighted by Crippen LogP contribution is 2.38. The summed E-state index contributed by atoms with van der Waals surface area (Å²) in [5.74, 6) is 3.24. The highest BCUT2D eigenvalue weighted by molar-refractivity contribution is 5.57. The third kappa shape index (κ3) is 2.61. The van der Waals surface area contributed by atoms with Crippen molar-refractivity contribution in [3.8, 4) is 17.1 Å². The van der Waals surface area contributed by atoms with Crippen LogP contribution in [-0.2, 0) is 7.05 Å². The van der Waals surface area contributed by atoms with Gasteiger partial charge in [0, 0.05) is 25.1 Å². The Morgan fingerprint density at radius 2 is 2.26 bits per heavy atom. The Bertz CT molecular complexity index is 575. The van der Waals surface area contributed by atoms with E-state index in [1.807, 2.05) is 36.0 Å². The number of nitrogens with zero attached hydrogens (tertiary/aromatic N) is 3. The van der Waals surface area contributed by atoms with Gasteiger partial charge in [-0.1, -0.05) is 12.1 Å². The van der Waals surface area contributed by atoms with Crippen LogP contribution in [0.2, 0.25) is 0 Å². The van der Waals surface area contributed by atoms with Gasteiger partial charge in [-0.25, -0.2) is 9.67 Å². The standard InChI is InChI=1S/C14H18N4O/c1-18-14(16-13(17-18)10-5-6-10)11-3-2-4-12(9-11)19-8-7-15/h2-4,9-10H,5-8,15H2,1H3. The van der Waals surface area contributed by atoms with E-state index in [1.54, 1.807) is 0 Å². The van der Waals surface area contributed by atoms with Crippen LogP contribution in [-0.4, -0.2) is 27.9 Å². The predicted molar refractivity (Wildman–Crippen MR) is 73.0 cm³/mol. The summed E-state index contributed by atoms with van der Waals surface area (Å²) in [6, 6.07) is 7.90. The SMILES string of the molecule is Cn1nc(C2CC2)nc1-c1cccc(OCCN)c1. The molecule has 0 bridgehead atoms. The third-order valence-electron chi connectivity index (χ3n) is 3.20. The molecule has 1 aliphatic carbocycles. The van der Waals surface area contributed by atoms with E-state index in [1.165, 1.54) is 12.8 Å². The van der Waals surface area contributed by atoms with Gasteiger partial charge in [-0.15, -0.1) is 0 Å². The second kappa shape index (κ2) is 5.01. The Balaban J connectivity index is 1.88. The Labute approximate surface area is 112 Å². The quantitative estimate of drug-likeness (QED) is 0.886. The molecule has 1 aromatic heterocycles. The maximum Gasteiger partial charge on any atom is 0.158 e. The van der Waals surface area contributed by atoms with Gasteiger partial charge in [0.05, 0.1) is 0 Å². The second-order valence-corrected chi connectivity index (χ2v) is 4.86. The molecule has 1 saturated carbocycles. The Kier molecular flexibility index (Phi) is 3.21. The highest BCUT2D eigenvalue weighted by Gasteiger charge is 2.28. The summed E-state index contributed by atoms with van der Waals surface area (Å²) in [6.45, 7) is 1.04. The first-order chi connectivity index (χ1) is 9.28. The molecular weight excluding hydrogens is 240 g/mol. The van der Waals surface area contributed by atoms with Gasteiger partial charge in [0.1, 0.15) is 12.4 Å².